The summed E-state index contributed by atoms with van der Waals surface area (Å²) in [5.74, 6) is 0. The largest absolute Gasteiger partial charge is 0.395 e. The van der Waals surface area contributed by atoms with E-state index in [1.165, 1.54) is 5.56 Å². The van der Waals surface area contributed by atoms with Gasteiger partial charge in [-0.05, 0) is 25.3 Å². The molecule has 0 amide bonds. The fraction of sp³-hybridized carbons (Fsp3) is 0.625. The molecule has 1 N–H and O–H groups in total. The van der Waals surface area contributed by atoms with Crippen LogP contribution in [-0.4, -0.2) is 48.7 Å². The van der Waals surface area contributed by atoms with Gasteiger partial charge < -0.3 is 14.6 Å². The van der Waals surface area contributed by atoms with Gasteiger partial charge in [-0.2, -0.15) is 0 Å². The van der Waals surface area contributed by atoms with E-state index in [1.807, 2.05) is 6.07 Å². The van der Waals surface area contributed by atoms with Crippen molar-refractivity contribution in [2.75, 3.05) is 20.5 Å². The normalized spacial score (nSPS) is 27.6. The number of benzene rings is 1. The molecule has 1 aromatic rings. The maximum absolute atomic E-state index is 9.67. The molecule has 0 unspecified atom stereocenters. The molecular formula is C16H25NO3. The average molecular weight is 279 g/mol. The molecule has 2 rings (SSSR count). The Balaban J connectivity index is 1.98. The first-order valence-corrected chi connectivity index (χ1v) is 7.25. The van der Waals surface area contributed by atoms with Crippen molar-refractivity contribution in [3.63, 3.8) is 0 Å². The number of nitrogens with zero attached hydrogens (tertiary/aromatic N) is 1. The van der Waals surface area contributed by atoms with Crippen molar-refractivity contribution >= 4 is 0 Å². The Hall–Kier alpha value is -0.940. The van der Waals surface area contributed by atoms with Gasteiger partial charge in [0.2, 0.25) is 0 Å². The number of methoxy groups -OCH3 is 1. The third-order valence-corrected chi connectivity index (χ3v) is 4.01. The Morgan fingerprint density at radius 2 is 2.00 bits per heavy atom. The minimum absolute atomic E-state index is 0.154. The van der Waals surface area contributed by atoms with Crippen molar-refractivity contribution in [1.82, 2.24) is 4.90 Å². The molecule has 0 spiro atoms. The van der Waals surface area contributed by atoms with E-state index >= 15 is 0 Å². The second-order valence-corrected chi connectivity index (χ2v) is 5.51. The summed E-state index contributed by atoms with van der Waals surface area (Å²) in [6.45, 7) is 3.58. The molecule has 4 heteroatoms. The fourth-order valence-corrected chi connectivity index (χ4v) is 2.97. The lowest BCUT2D eigenvalue weighted by Crippen LogP contribution is -2.51. The lowest BCUT2D eigenvalue weighted by molar-refractivity contribution is -0.113. The summed E-state index contributed by atoms with van der Waals surface area (Å²) < 4.78 is 10.6. The van der Waals surface area contributed by atoms with Crippen LogP contribution in [0.4, 0.5) is 0 Å². The van der Waals surface area contributed by atoms with Gasteiger partial charge in [0.1, 0.15) is 6.79 Å². The van der Waals surface area contributed by atoms with E-state index in [0.717, 1.165) is 19.4 Å². The summed E-state index contributed by atoms with van der Waals surface area (Å²) in [5.41, 5.74) is 1.29. The maximum Gasteiger partial charge on any atom is 0.146 e. The van der Waals surface area contributed by atoms with Crippen LogP contribution in [-0.2, 0) is 16.0 Å². The maximum atomic E-state index is 9.67. The first kappa shape index (κ1) is 15.4. The Kier molecular flexibility index (Phi) is 5.98. The van der Waals surface area contributed by atoms with E-state index in [-0.39, 0.29) is 18.8 Å². The third kappa shape index (κ3) is 4.03. The molecule has 1 heterocycles. The zero-order chi connectivity index (χ0) is 14.4. The van der Waals surface area contributed by atoms with Crippen LogP contribution in [0.1, 0.15) is 25.3 Å². The molecule has 1 aromatic carbocycles. The number of hydrogen-bond donors (Lipinski definition) is 1. The second-order valence-electron chi connectivity index (χ2n) is 5.51. The first-order chi connectivity index (χ1) is 9.74. The van der Waals surface area contributed by atoms with Crippen LogP contribution >= 0.6 is 0 Å². The third-order valence-electron chi connectivity index (χ3n) is 4.01. The minimum atomic E-state index is 0.154. The van der Waals surface area contributed by atoms with Gasteiger partial charge in [0.15, 0.2) is 0 Å². The van der Waals surface area contributed by atoms with E-state index in [0.29, 0.717) is 12.8 Å². The highest BCUT2D eigenvalue weighted by Crippen LogP contribution is 2.27. The molecule has 4 nitrogen and oxygen atoms in total. The number of hydrogen-bond acceptors (Lipinski definition) is 4. The van der Waals surface area contributed by atoms with Gasteiger partial charge in [-0.3, -0.25) is 4.90 Å². The molecule has 3 atom stereocenters. The molecule has 20 heavy (non-hydrogen) atoms. The molecule has 0 radical (unpaired) electrons. The van der Waals surface area contributed by atoms with Crippen LogP contribution in [0.3, 0.4) is 0 Å². The Bertz CT molecular complexity index is 385. The summed E-state index contributed by atoms with van der Waals surface area (Å²) >= 11 is 0. The van der Waals surface area contributed by atoms with Gasteiger partial charge in [-0.25, -0.2) is 0 Å². The monoisotopic (exact) mass is 279 g/mol. The van der Waals surface area contributed by atoms with Crippen molar-refractivity contribution in [2.45, 2.75) is 44.5 Å². The smallest absolute Gasteiger partial charge is 0.146 e. The van der Waals surface area contributed by atoms with E-state index < -0.39 is 0 Å². The molecule has 0 aliphatic carbocycles. The standard InChI is InChI=1S/C16H25NO3/c1-13-8-16(20-12-19-2)9-15(11-18)17(13)10-14-6-4-3-5-7-14/h3-7,13,15-16,18H,8-12H2,1-2H3/t13-,15-,16+/m1/s1. The van der Waals surface area contributed by atoms with Crippen molar-refractivity contribution in [2.24, 2.45) is 0 Å². The molecule has 112 valence electrons. The lowest BCUT2D eigenvalue weighted by Gasteiger charge is -2.43. The average Bonchev–Trinajstić information content (AvgIpc) is 2.48. The predicted octanol–water partition coefficient (Wildman–Crippen LogP) is 2.02. The predicted molar refractivity (Wildman–Crippen MR) is 78.3 cm³/mol. The summed E-state index contributed by atoms with van der Waals surface area (Å²) in [5, 5.41) is 9.67. The number of aliphatic hydroxyl groups is 1. The Morgan fingerprint density at radius 1 is 1.25 bits per heavy atom. The van der Waals surface area contributed by atoms with Crippen molar-refractivity contribution in [3.05, 3.63) is 35.9 Å². The molecule has 1 aliphatic heterocycles. The molecule has 1 fully saturated rings. The number of piperidine rings is 1. The molecule has 1 saturated heterocycles. The number of aliphatic hydroxyl groups excluding tert-OH is 1. The SMILES string of the molecule is COCO[C@@H]1C[C@H](CO)N(Cc2ccccc2)[C@H](C)C1. The zero-order valence-corrected chi connectivity index (χ0v) is 12.4. The van der Waals surface area contributed by atoms with Crippen molar-refractivity contribution < 1.29 is 14.6 Å². The van der Waals surface area contributed by atoms with Gasteiger partial charge >= 0.3 is 0 Å². The number of rotatable bonds is 6. The highest BCUT2D eigenvalue weighted by Gasteiger charge is 2.33. The summed E-state index contributed by atoms with van der Waals surface area (Å²) in [6, 6.07) is 11.0. The topological polar surface area (TPSA) is 41.9 Å². The highest BCUT2D eigenvalue weighted by molar-refractivity contribution is 5.15. The first-order valence-electron chi connectivity index (χ1n) is 7.25. The van der Waals surface area contributed by atoms with E-state index in [9.17, 15) is 5.11 Å². The number of likely N-dealkylation sites (tertiary alicyclic amines) is 1. The van der Waals surface area contributed by atoms with Crippen LogP contribution in [0.25, 0.3) is 0 Å². The summed E-state index contributed by atoms with van der Waals surface area (Å²) in [7, 11) is 1.64. The van der Waals surface area contributed by atoms with Crippen molar-refractivity contribution in [1.29, 1.82) is 0 Å². The molecule has 0 bridgehead atoms. The second kappa shape index (κ2) is 7.74. The van der Waals surface area contributed by atoms with Crippen LogP contribution in [0.5, 0.6) is 0 Å². The van der Waals surface area contributed by atoms with E-state index in [2.05, 4.69) is 36.1 Å². The van der Waals surface area contributed by atoms with Gasteiger partial charge in [0.25, 0.3) is 0 Å². The van der Waals surface area contributed by atoms with E-state index in [4.69, 9.17) is 9.47 Å². The van der Waals surface area contributed by atoms with Gasteiger partial charge in [0, 0.05) is 25.7 Å². The molecule has 1 aliphatic rings. The van der Waals surface area contributed by atoms with Gasteiger partial charge in [0.05, 0.1) is 12.7 Å². The van der Waals surface area contributed by atoms with Crippen LogP contribution in [0.2, 0.25) is 0 Å². The van der Waals surface area contributed by atoms with Crippen LogP contribution < -0.4 is 0 Å². The molecular weight excluding hydrogens is 254 g/mol. The van der Waals surface area contributed by atoms with Crippen molar-refractivity contribution in [3.8, 4) is 0 Å². The molecule has 0 aromatic heterocycles. The van der Waals surface area contributed by atoms with Crippen LogP contribution in [0, 0.1) is 0 Å². The van der Waals surface area contributed by atoms with Crippen LogP contribution in [0.15, 0.2) is 30.3 Å². The summed E-state index contributed by atoms with van der Waals surface area (Å²) in [4.78, 5) is 2.38. The Morgan fingerprint density at radius 3 is 2.65 bits per heavy atom. The zero-order valence-electron chi connectivity index (χ0n) is 12.4. The highest BCUT2D eigenvalue weighted by atomic mass is 16.7. The van der Waals surface area contributed by atoms with E-state index in [1.54, 1.807) is 7.11 Å². The molecule has 0 saturated carbocycles. The van der Waals surface area contributed by atoms with Gasteiger partial charge in [-0.1, -0.05) is 30.3 Å². The fourth-order valence-electron chi connectivity index (χ4n) is 2.97. The Labute approximate surface area is 121 Å². The lowest BCUT2D eigenvalue weighted by atomic mass is 9.93. The summed E-state index contributed by atoms with van der Waals surface area (Å²) in [6.07, 6.45) is 2.01. The quantitative estimate of drug-likeness (QED) is 0.809. The minimum Gasteiger partial charge on any atom is -0.395 e. The number of ether oxygens (including phenoxy) is 2. The van der Waals surface area contributed by atoms with Gasteiger partial charge in [-0.15, -0.1) is 0 Å².